The second-order valence-electron chi connectivity index (χ2n) is 3.89. The summed E-state index contributed by atoms with van der Waals surface area (Å²) in [5.74, 6) is -0.497. The zero-order valence-corrected chi connectivity index (χ0v) is 10.6. The van der Waals surface area contributed by atoms with Crippen LogP contribution in [-0.4, -0.2) is 23.5 Å². The van der Waals surface area contributed by atoms with Crippen LogP contribution in [-0.2, 0) is 9.53 Å². The molecule has 0 saturated heterocycles. The van der Waals surface area contributed by atoms with Crippen molar-refractivity contribution in [3.63, 3.8) is 0 Å². The normalized spacial score (nSPS) is 12.2. The number of hydrogen-bond acceptors (Lipinski definition) is 5. The maximum absolute atomic E-state index is 11.8. The number of guanidine groups is 1. The fraction of sp³-hybridized carbons (Fsp3) is 0.500. The van der Waals surface area contributed by atoms with Gasteiger partial charge in [-0.15, -0.1) is 11.3 Å². The predicted octanol–water partition coefficient (Wildman–Crippen LogP) is 0.866. The largest absolute Gasteiger partial charge is 0.464 e. The predicted molar refractivity (Wildman–Crippen MR) is 65.7 cm³/mol. The summed E-state index contributed by atoms with van der Waals surface area (Å²) in [4.78, 5) is 15.8. The molecule has 1 unspecified atom stereocenters. The molecule has 6 nitrogen and oxygen atoms in total. The van der Waals surface area contributed by atoms with Gasteiger partial charge in [0.1, 0.15) is 5.01 Å². The minimum absolute atomic E-state index is 0.258. The molecule has 0 spiro atoms. The number of aromatic nitrogens is 1. The Balaban J connectivity index is 2.69. The number of nitrogens with one attached hydrogen (secondary N) is 2. The number of rotatable bonds is 5. The van der Waals surface area contributed by atoms with E-state index in [9.17, 15) is 4.79 Å². The highest BCUT2D eigenvalue weighted by atomic mass is 32.1. The van der Waals surface area contributed by atoms with Crippen LogP contribution in [0.2, 0.25) is 0 Å². The number of ether oxygens (including phenoxy) is 1. The summed E-state index contributed by atoms with van der Waals surface area (Å²) >= 11 is 1.31. The second kappa shape index (κ2) is 6.19. The summed E-state index contributed by atoms with van der Waals surface area (Å²) in [5, 5.41) is 12.0. The molecule has 7 heteroatoms. The fourth-order valence-electron chi connectivity index (χ4n) is 1.09. The summed E-state index contributed by atoms with van der Waals surface area (Å²) in [6.07, 6.45) is 1.59. The molecule has 0 aromatic carbocycles. The van der Waals surface area contributed by atoms with Crippen LogP contribution >= 0.6 is 11.3 Å². The van der Waals surface area contributed by atoms with Gasteiger partial charge in [0, 0.05) is 11.6 Å². The van der Waals surface area contributed by atoms with Crippen LogP contribution in [0.15, 0.2) is 11.6 Å². The second-order valence-corrected chi connectivity index (χ2v) is 4.81. The van der Waals surface area contributed by atoms with Crippen LogP contribution in [0.1, 0.15) is 24.9 Å². The molecule has 1 heterocycles. The molecular weight excluding hydrogens is 240 g/mol. The highest BCUT2D eigenvalue weighted by Crippen LogP contribution is 2.17. The van der Waals surface area contributed by atoms with E-state index in [1.54, 1.807) is 11.6 Å². The topological polar surface area (TPSA) is 101 Å². The number of nitrogens with two attached hydrogens (primary N) is 1. The van der Waals surface area contributed by atoms with E-state index in [4.69, 9.17) is 15.9 Å². The zero-order valence-electron chi connectivity index (χ0n) is 9.77. The van der Waals surface area contributed by atoms with E-state index in [0.717, 1.165) is 0 Å². The Kier molecular flexibility index (Phi) is 4.89. The van der Waals surface area contributed by atoms with E-state index in [2.05, 4.69) is 10.3 Å². The van der Waals surface area contributed by atoms with Gasteiger partial charge in [0.25, 0.3) is 0 Å². The van der Waals surface area contributed by atoms with Crippen molar-refractivity contribution in [2.24, 2.45) is 11.7 Å². The molecular formula is C10H16N4O2S. The van der Waals surface area contributed by atoms with Crippen molar-refractivity contribution in [1.82, 2.24) is 10.3 Å². The molecule has 94 valence electrons. The van der Waals surface area contributed by atoms with Crippen LogP contribution in [0.3, 0.4) is 0 Å². The number of carbonyl (C=O) groups excluding carboxylic acids is 1. The molecule has 1 aromatic heterocycles. The number of esters is 1. The minimum Gasteiger partial charge on any atom is -0.464 e. The minimum atomic E-state index is -0.800. The average Bonchev–Trinajstić information content (AvgIpc) is 2.75. The summed E-state index contributed by atoms with van der Waals surface area (Å²) < 4.78 is 5.10. The van der Waals surface area contributed by atoms with Gasteiger partial charge >= 0.3 is 5.97 Å². The Bertz CT molecular complexity index is 378. The van der Waals surface area contributed by atoms with Crippen LogP contribution in [0.25, 0.3) is 0 Å². The first-order valence-corrected chi connectivity index (χ1v) is 6.05. The summed E-state index contributed by atoms with van der Waals surface area (Å²) in [7, 11) is 0. The molecule has 0 aliphatic rings. The fourth-order valence-corrected chi connectivity index (χ4v) is 1.76. The Hall–Kier alpha value is -1.63. The first-order chi connectivity index (χ1) is 8.00. The van der Waals surface area contributed by atoms with Crippen LogP contribution in [0.4, 0.5) is 0 Å². The van der Waals surface area contributed by atoms with Gasteiger partial charge in [-0.1, -0.05) is 13.8 Å². The van der Waals surface area contributed by atoms with Gasteiger partial charge in [0.2, 0.25) is 0 Å². The standard InChI is InChI=1S/C10H16N4O2S/c1-6(2)5-16-9(15)7(14-10(11)12)8-13-3-4-17-8/h3-4,6-7H,5H2,1-2H3,(H4,11,12,14). The smallest absolute Gasteiger partial charge is 0.335 e. The zero-order chi connectivity index (χ0) is 12.8. The van der Waals surface area contributed by atoms with Gasteiger partial charge in [-0.25, -0.2) is 9.78 Å². The van der Waals surface area contributed by atoms with Gasteiger partial charge in [-0.3, -0.25) is 5.41 Å². The average molecular weight is 256 g/mol. The summed E-state index contributed by atoms with van der Waals surface area (Å²) in [5.41, 5.74) is 5.23. The molecule has 0 bridgehead atoms. The van der Waals surface area contributed by atoms with Crippen molar-refractivity contribution in [2.75, 3.05) is 6.61 Å². The van der Waals surface area contributed by atoms with Crippen molar-refractivity contribution in [3.8, 4) is 0 Å². The van der Waals surface area contributed by atoms with Crippen LogP contribution < -0.4 is 11.1 Å². The lowest BCUT2D eigenvalue weighted by atomic mass is 10.2. The monoisotopic (exact) mass is 256 g/mol. The van der Waals surface area contributed by atoms with Gasteiger partial charge in [-0.2, -0.15) is 0 Å². The van der Waals surface area contributed by atoms with Crippen LogP contribution in [0.5, 0.6) is 0 Å². The Morgan fingerprint density at radius 1 is 1.71 bits per heavy atom. The van der Waals surface area contributed by atoms with Gasteiger partial charge in [0.15, 0.2) is 12.0 Å². The highest BCUT2D eigenvalue weighted by Gasteiger charge is 2.25. The first-order valence-electron chi connectivity index (χ1n) is 5.17. The van der Waals surface area contributed by atoms with Gasteiger partial charge < -0.3 is 15.8 Å². The van der Waals surface area contributed by atoms with E-state index in [1.807, 2.05) is 13.8 Å². The Morgan fingerprint density at radius 2 is 2.41 bits per heavy atom. The maximum Gasteiger partial charge on any atom is 0.335 e. The molecule has 0 radical (unpaired) electrons. The number of nitrogens with zero attached hydrogens (tertiary/aromatic N) is 1. The van der Waals surface area contributed by atoms with E-state index in [1.165, 1.54) is 11.3 Å². The number of thiazole rings is 1. The number of hydrogen-bond donors (Lipinski definition) is 3. The molecule has 4 N–H and O–H groups in total. The van der Waals surface area contributed by atoms with E-state index in [0.29, 0.717) is 11.6 Å². The van der Waals surface area contributed by atoms with Crippen molar-refractivity contribution in [2.45, 2.75) is 19.9 Å². The van der Waals surface area contributed by atoms with E-state index in [-0.39, 0.29) is 11.9 Å². The lowest BCUT2D eigenvalue weighted by molar-refractivity contribution is -0.147. The molecule has 0 saturated carbocycles. The Morgan fingerprint density at radius 3 is 2.88 bits per heavy atom. The molecule has 1 rings (SSSR count). The molecule has 1 atom stereocenters. The molecule has 0 aliphatic heterocycles. The van der Waals surface area contributed by atoms with Gasteiger partial charge in [-0.05, 0) is 5.92 Å². The number of carbonyl (C=O) groups is 1. The third-order valence-electron chi connectivity index (χ3n) is 1.79. The van der Waals surface area contributed by atoms with Crippen LogP contribution in [0, 0.1) is 11.3 Å². The summed E-state index contributed by atoms with van der Waals surface area (Å²) in [6.45, 7) is 4.23. The van der Waals surface area contributed by atoms with Gasteiger partial charge in [0.05, 0.1) is 6.61 Å². The SMILES string of the molecule is CC(C)COC(=O)C(NC(=N)N)c1nccs1. The molecule has 17 heavy (non-hydrogen) atoms. The maximum atomic E-state index is 11.8. The van der Waals surface area contributed by atoms with E-state index < -0.39 is 12.0 Å². The van der Waals surface area contributed by atoms with Crippen molar-refractivity contribution >= 4 is 23.3 Å². The molecule has 1 aromatic rings. The third-order valence-corrected chi connectivity index (χ3v) is 2.63. The van der Waals surface area contributed by atoms with Crippen molar-refractivity contribution in [1.29, 1.82) is 5.41 Å². The highest BCUT2D eigenvalue weighted by molar-refractivity contribution is 7.09. The molecule has 0 fully saturated rings. The van der Waals surface area contributed by atoms with E-state index >= 15 is 0 Å². The lowest BCUT2D eigenvalue weighted by Gasteiger charge is -2.16. The Labute approximate surface area is 104 Å². The van der Waals surface area contributed by atoms with Crippen molar-refractivity contribution in [3.05, 3.63) is 16.6 Å². The molecule has 0 aliphatic carbocycles. The van der Waals surface area contributed by atoms with Crippen molar-refractivity contribution < 1.29 is 9.53 Å². The lowest BCUT2D eigenvalue weighted by Crippen LogP contribution is -2.39. The third kappa shape index (κ3) is 4.39. The first kappa shape index (κ1) is 13.4. The quantitative estimate of drug-likeness (QED) is 0.412. The molecule has 0 amide bonds. The summed E-state index contributed by atoms with van der Waals surface area (Å²) in [6, 6.07) is -0.800.